The summed E-state index contributed by atoms with van der Waals surface area (Å²) in [7, 11) is 5.05. The van der Waals surface area contributed by atoms with Crippen LogP contribution in [0.15, 0.2) is 33.8 Å². The van der Waals surface area contributed by atoms with Crippen LogP contribution in [0.3, 0.4) is 0 Å². The number of benzene rings is 1. The van der Waals surface area contributed by atoms with Crippen LogP contribution in [0.4, 0.5) is 0 Å². The van der Waals surface area contributed by atoms with E-state index in [0.29, 0.717) is 12.5 Å². The van der Waals surface area contributed by atoms with Crippen LogP contribution in [0.1, 0.15) is 43.2 Å². The largest absolute Gasteiger partial charge is 0.493 e. The lowest BCUT2D eigenvalue weighted by atomic mass is 10.1. The van der Waals surface area contributed by atoms with Gasteiger partial charge in [0.1, 0.15) is 0 Å². The van der Waals surface area contributed by atoms with E-state index in [0.717, 1.165) is 48.3 Å². The molecule has 0 bridgehead atoms. The van der Waals surface area contributed by atoms with Crippen LogP contribution in [0.2, 0.25) is 0 Å². The second-order valence-electron chi connectivity index (χ2n) is 6.52. The van der Waals surface area contributed by atoms with Gasteiger partial charge in [0.2, 0.25) is 0 Å². The summed E-state index contributed by atoms with van der Waals surface area (Å²) in [6.07, 6.45) is 1.90. The molecule has 7 nitrogen and oxygen atoms in total. The molecule has 7 heteroatoms. The summed E-state index contributed by atoms with van der Waals surface area (Å²) in [6, 6.07) is 7.99. The standard InChI is InChI=1S/C20H30N4O3/c1-14(2)17-12-16(27-24-17)13-23-20(21-3)22-10-6-7-15-8-9-18(25-4)19(11-15)26-5/h8-9,11-12,14H,6-7,10,13H2,1-5H3,(H2,21,22,23). The summed E-state index contributed by atoms with van der Waals surface area (Å²) in [6.45, 7) is 5.54. The Morgan fingerprint density at radius 2 is 1.93 bits per heavy atom. The number of aliphatic imine (C=N–C) groups is 1. The number of rotatable bonds is 9. The van der Waals surface area contributed by atoms with Crippen LogP contribution in [0, 0.1) is 0 Å². The molecule has 0 unspecified atom stereocenters. The maximum absolute atomic E-state index is 5.35. The van der Waals surface area contributed by atoms with Gasteiger partial charge in [0, 0.05) is 19.7 Å². The van der Waals surface area contributed by atoms with Crippen molar-refractivity contribution in [1.82, 2.24) is 15.8 Å². The zero-order valence-corrected chi connectivity index (χ0v) is 16.8. The first-order valence-corrected chi connectivity index (χ1v) is 9.18. The van der Waals surface area contributed by atoms with Gasteiger partial charge in [-0.05, 0) is 36.5 Å². The first kappa shape index (κ1) is 20.6. The monoisotopic (exact) mass is 374 g/mol. The molecule has 0 spiro atoms. The Balaban J connectivity index is 1.74. The third kappa shape index (κ3) is 6.20. The van der Waals surface area contributed by atoms with Gasteiger partial charge in [0.25, 0.3) is 0 Å². The molecular weight excluding hydrogens is 344 g/mol. The van der Waals surface area contributed by atoms with E-state index in [1.807, 2.05) is 18.2 Å². The summed E-state index contributed by atoms with van der Waals surface area (Å²) < 4.78 is 15.9. The third-order valence-electron chi connectivity index (χ3n) is 4.21. The molecule has 0 aliphatic rings. The molecule has 2 N–H and O–H groups in total. The van der Waals surface area contributed by atoms with Crippen molar-refractivity contribution in [3.8, 4) is 11.5 Å². The van der Waals surface area contributed by atoms with Crippen molar-refractivity contribution >= 4 is 5.96 Å². The van der Waals surface area contributed by atoms with Crippen LogP contribution in [-0.4, -0.2) is 38.9 Å². The highest BCUT2D eigenvalue weighted by Crippen LogP contribution is 2.27. The van der Waals surface area contributed by atoms with E-state index in [1.165, 1.54) is 5.56 Å². The number of hydrogen-bond donors (Lipinski definition) is 2. The molecular formula is C20H30N4O3. The average molecular weight is 374 g/mol. The van der Waals surface area contributed by atoms with Crippen LogP contribution in [0.25, 0.3) is 0 Å². The first-order chi connectivity index (χ1) is 13.1. The summed E-state index contributed by atoms with van der Waals surface area (Å²) in [5.74, 6) is 3.40. The van der Waals surface area contributed by atoms with Gasteiger partial charge in [-0.2, -0.15) is 0 Å². The predicted molar refractivity (Wildman–Crippen MR) is 107 cm³/mol. The Morgan fingerprint density at radius 3 is 2.56 bits per heavy atom. The summed E-state index contributed by atoms with van der Waals surface area (Å²) in [5.41, 5.74) is 2.17. The van der Waals surface area contributed by atoms with Crippen LogP contribution in [0.5, 0.6) is 11.5 Å². The lowest BCUT2D eigenvalue weighted by molar-refractivity contribution is 0.354. The Hall–Kier alpha value is -2.70. The third-order valence-corrected chi connectivity index (χ3v) is 4.21. The maximum atomic E-state index is 5.35. The first-order valence-electron chi connectivity index (χ1n) is 9.18. The van der Waals surface area contributed by atoms with E-state index in [9.17, 15) is 0 Å². The number of aromatic nitrogens is 1. The number of ether oxygens (including phenoxy) is 2. The number of hydrogen-bond acceptors (Lipinski definition) is 5. The highest BCUT2D eigenvalue weighted by atomic mass is 16.5. The van der Waals surface area contributed by atoms with Crippen molar-refractivity contribution in [2.45, 2.75) is 39.2 Å². The minimum Gasteiger partial charge on any atom is -0.493 e. The lowest BCUT2D eigenvalue weighted by Gasteiger charge is -2.12. The highest BCUT2D eigenvalue weighted by molar-refractivity contribution is 5.79. The molecule has 2 aromatic rings. The molecule has 1 aromatic heterocycles. The molecule has 0 saturated heterocycles. The van der Waals surface area contributed by atoms with Crippen molar-refractivity contribution in [2.24, 2.45) is 4.99 Å². The Morgan fingerprint density at radius 1 is 1.15 bits per heavy atom. The van der Waals surface area contributed by atoms with Gasteiger partial charge in [-0.15, -0.1) is 0 Å². The van der Waals surface area contributed by atoms with E-state index in [1.54, 1.807) is 21.3 Å². The molecule has 0 aliphatic heterocycles. The van der Waals surface area contributed by atoms with Gasteiger partial charge in [-0.1, -0.05) is 25.1 Å². The van der Waals surface area contributed by atoms with E-state index >= 15 is 0 Å². The van der Waals surface area contributed by atoms with Gasteiger partial charge < -0.3 is 24.6 Å². The number of guanidine groups is 1. The Kier molecular flexibility index (Phi) is 7.98. The predicted octanol–water partition coefficient (Wildman–Crippen LogP) is 3.11. The zero-order chi connectivity index (χ0) is 19.6. The minimum absolute atomic E-state index is 0.358. The molecule has 148 valence electrons. The normalized spacial score (nSPS) is 11.6. The van der Waals surface area contributed by atoms with Crippen LogP contribution in [-0.2, 0) is 13.0 Å². The number of methoxy groups -OCH3 is 2. The van der Waals surface area contributed by atoms with E-state index in [-0.39, 0.29) is 0 Å². The molecule has 0 fully saturated rings. The van der Waals surface area contributed by atoms with Gasteiger partial charge in [0.15, 0.2) is 23.2 Å². The average Bonchev–Trinajstić information content (AvgIpc) is 3.16. The van der Waals surface area contributed by atoms with Gasteiger partial charge in [-0.25, -0.2) is 0 Å². The molecule has 1 heterocycles. The molecule has 0 saturated carbocycles. The van der Waals surface area contributed by atoms with Crippen molar-refractivity contribution in [3.05, 3.63) is 41.3 Å². The fraction of sp³-hybridized carbons (Fsp3) is 0.500. The topological polar surface area (TPSA) is 80.9 Å². The quantitative estimate of drug-likeness (QED) is 0.399. The van der Waals surface area contributed by atoms with E-state index in [2.05, 4.69) is 40.7 Å². The van der Waals surface area contributed by atoms with E-state index in [4.69, 9.17) is 14.0 Å². The summed E-state index contributed by atoms with van der Waals surface area (Å²) >= 11 is 0. The number of aryl methyl sites for hydroxylation is 1. The van der Waals surface area contributed by atoms with Crippen LogP contribution < -0.4 is 20.1 Å². The van der Waals surface area contributed by atoms with E-state index < -0.39 is 0 Å². The zero-order valence-electron chi connectivity index (χ0n) is 16.8. The second kappa shape index (κ2) is 10.4. The van der Waals surface area contributed by atoms with Gasteiger partial charge >= 0.3 is 0 Å². The molecule has 1 aromatic carbocycles. The fourth-order valence-corrected chi connectivity index (χ4v) is 2.61. The minimum atomic E-state index is 0.358. The Bertz CT molecular complexity index is 741. The van der Waals surface area contributed by atoms with Gasteiger partial charge in [0.05, 0.1) is 26.5 Å². The smallest absolute Gasteiger partial charge is 0.191 e. The van der Waals surface area contributed by atoms with Crippen molar-refractivity contribution in [3.63, 3.8) is 0 Å². The van der Waals surface area contributed by atoms with Crippen molar-refractivity contribution in [2.75, 3.05) is 27.8 Å². The Labute approximate surface area is 161 Å². The lowest BCUT2D eigenvalue weighted by Crippen LogP contribution is -2.37. The molecule has 0 atom stereocenters. The fourth-order valence-electron chi connectivity index (χ4n) is 2.61. The second-order valence-corrected chi connectivity index (χ2v) is 6.52. The molecule has 27 heavy (non-hydrogen) atoms. The maximum Gasteiger partial charge on any atom is 0.191 e. The summed E-state index contributed by atoms with van der Waals surface area (Å²) in [5, 5.41) is 10.6. The summed E-state index contributed by atoms with van der Waals surface area (Å²) in [4.78, 5) is 4.24. The van der Waals surface area contributed by atoms with Gasteiger partial charge in [-0.3, -0.25) is 4.99 Å². The molecule has 0 aliphatic carbocycles. The number of nitrogens with one attached hydrogen (secondary N) is 2. The van der Waals surface area contributed by atoms with Crippen LogP contribution >= 0.6 is 0 Å². The molecule has 0 radical (unpaired) electrons. The molecule has 0 amide bonds. The number of nitrogens with zero attached hydrogens (tertiary/aromatic N) is 2. The highest BCUT2D eigenvalue weighted by Gasteiger charge is 2.08. The molecule has 2 rings (SSSR count). The SMILES string of the molecule is CN=C(NCCCc1ccc(OC)c(OC)c1)NCc1cc(C(C)C)no1. The van der Waals surface area contributed by atoms with Crippen molar-refractivity contribution < 1.29 is 14.0 Å². The van der Waals surface area contributed by atoms with Crippen molar-refractivity contribution in [1.29, 1.82) is 0 Å².